The summed E-state index contributed by atoms with van der Waals surface area (Å²) in [5.74, 6) is 0. The van der Waals surface area contributed by atoms with Crippen molar-refractivity contribution in [1.29, 1.82) is 0 Å². The summed E-state index contributed by atoms with van der Waals surface area (Å²) in [7, 11) is 3.69. The first kappa shape index (κ1) is 12.7. The number of methoxy groups -OCH3 is 1. The first-order valence-corrected chi connectivity index (χ1v) is 5.83. The van der Waals surface area contributed by atoms with Gasteiger partial charge in [0.2, 0.25) is 0 Å². The Morgan fingerprint density at radius 3 is 2.73 bits per heavy atom. The van der Waals surface area contributed by atoms with E-state index < -0.39 is 0 Å². The zero-order valence-electron chi connectivity index (χ0n) is 9.51. The number of nitrogens with zero attached hydrogens (tertiary/aromatic N) is 2. The number of aromatic nitrogens is 2. The van der Waals surface area contributed by atoms with Crippen LogP contribution in [0.1, 0.15) is 11.4 Å². The summed E-state index contributed by atoms with van der Waals surface area (Å²) in [4.78, 5) is 0. The maximum absolute atomic E-state index is 4.96. The van der Waals surface area contributed by atoms with Gasteiger partial charge in [-0.25, -0.2) is 0 Å². The van der Waals surface area contributed by atoms with Crippen LogP contribution in [-0.2, 0) is 18.2 Å². The minimum Gasteiger partial charge on any atom is -0.383 e. The van der Waals surface area contributed by atoms with Gasteiger partial charge in [0.05, 0.1) is 22.5 Å². The van der Waals surface area contributed by atoms with Crippen molar-refractivity contribution in [3.05, 3.63) is 15.9 Å². The Morgan fingerprint density at radius 2 is 2.20 bits per heavy atom. The van der Waals surface area contributed by atoms with Crippen LogP contribution in [-0.4, -0.2) is 36.6 Å². The van der Waals surface area contributed by atoms with E-state index in [0.29, 0.717) is 0 Å². The summed E-state index contributed by atoms with van der Waals surface area (Å²) in [6, 6.07) is 0. The molecule has 15 heavy (non-hydrogen) atoms. The number of halogens is 1. The molecule has 0 unspecified atom stereocenters. The highest BCUT2D eigenvalue weighted by Crippen LogP contribution is 2.20. The molecule has 4 nitrogen and oxygen atoms in total. The van der Waals surface area contributed by atoms with Crippen LogP contribution in [0.2, 0.25) is 0 Å². The summed E-state index contributed by atoms with van der Waals surface area (Å²) in [5.41, 5.74) is 2.28. The van der Waals surface area contributed by atoms with Crippen LogP contribution in [0, 0.1) is 6.92 Å². The van der Waals surface area contributed by atoms with Crippen molar-refractivity contribution in [2.45, 2.75) is 13.3 Å². The van der Waals surface area contributed by atoms with E-state index in [-0.39, 0.29) is 0 Å². The fourth-order valence-corrected chi connectivity index (χ4v) is 1.99. The summed E-state index contributed by atoms with van der Waals surface area (Å²) in [6.07, 6.45) is 0.974. The van der Waals surface area contributed by atoms with E-state index in [1.807, 2.05) is 18.7 Å². The second kappa shape index (κ2) is 6.25. The van der Waals surface area contributed by atoms with Crippen molar-refractivity contribution in [1.82, 2.24) is 15.1 Å². The molecule has 0 atom stereocenters. The SMILES string of the molecule is COCCNCCc1c(Br)c(C)nn1C. The second-order valence-corrected chi connectivity index (χ2v) is 4.26. The summed E-state index contributed by atoms with van der Waals surface area (Å²) < 4.78 is 8.01. The predicted octanol–water partition coefficient (Wildman–Crippen LogP) is 1.27. The summed E-state index contributed by atoms with van der Waals surface area (Å²) in [5, 5.41) is 7.65. The van der Waals surface area contributed by atoms with Crippen molar-refractivity contribution in [2.75, 3.05) is 26.8 Å². The monoisotopic (exact) mass is 275 g/mol. The molecular weight excluding hydrogens is 258 g/mol. The fourth-order valence-electron chi connectivity index (χ4n) is 1.46. The highest BCUT2D eigenvalue weighted by atomic mass is 79.9. The molecule has 0 aliphatic heterocycles. The van der Waals surface area contributed by atoms with E-state index in [0.717, 1.165) is 36.3 Å². The number of hydrogen-bond donors (Lipinski definition) is 1. The molecule has 0 saturated heterocycles. The largest absolute Gasteiger partial charge is 0.383 e. The number of rotatable bonds is 6. The van der Waals surface area contributed by atoms with Gasteiger partial charge in [-0.05, 0) is 22.9 Å². The Hall–Kier alpha value is -0.390. The molecule has 1 N–H and O–H groups in total. The van der Waals surface area contributed by atoms with Crippen LogP contribution >= 0.6 is 15.9 Å². The first-order chi connectivity index (χ1) is 7.16. The van der Waals surface area contributed by atoms with Gasteiger partial charge in [0.25, 0.3) is 0 Å². The van der Waals surface area contributed by atoms with Gasteiger partial charge in [-0.15, -0.1) is 0 Å². The highest BCUT2D eigenvalue weighted by Gasteiger charge is 2.09. The quantitative estimate of drug-likeness (QED) is 0.795. The standard InChI is InChI=1S/C10H18BrN3O/c1-8-10(11)9(14(2)13-8)4-5-12-6-7-15-3/h12H,4-7H2,1-3H3. The Balaban J connectivity index is 2.37. The molecule has 0 aliphatic carbocycles. The zero-order chi connectivity index (χ0) is 11.3. The molecule has 0 fully saturated rings. The molecule has 0 aliphatic rings. The Morgan fingerprint density at radius 1 is 1.47 bits per heavy atom. The third kappa shape index (κ3) is 3.59. The maximum atomic E-state index is 4.96. The average molecular weight is 276 g/mol. The molecule has 1 heterocycles. The van der Waals surface area contributed by atoms with Crippen LogP contribution in [0.15, 0.2) is 4.47 Å². The fraction of sp³-hybridized carbons (Fsp3) is 0.700. The molecule has 1 aromatic rings. The molecule has 5 heteroatoms. The molecule has 1 rings (SSSR count). The molecule has 0 radical (unpaired) electrons. The van der Waals surface area contributed by atoms with Gasteiger partial charge in [0.1, 0.15) is 0 Å². The van der Waals surface area contributed by atoms with Gasteiger partial charge in [-0.2, -0.15) is 5.10 Å². The van der Waals surface area contributed by atoms with Crippen LogP contribution in [0.25, 0.3) is 0 Å². The Kier molecular flexibility index (Phi) is 5.28. The van der Waals surface area contributed by atoms with E-state index in [4.69, 9.17) is 4.74 Å². The molecule has 0 bridgehead atoms. The van der Waals surface area contributed by atoms with Gasteiger partial charge >= 0.3 is 0 Å². The molecule has 0 aromatic carbocycles. The Labute approximate surface area is 99.1 Å². The number of nitrogens with one attached hydrogen (secondary N) is 1. The second-order valence-electron chi connectivity index (χ2n) is 3.46. The minimum atomic E-state index is 0.756. The lowest BCUT2D eigenvalue weighted by atomic mass is 10.3. The Bertz CT molecular complexity index is 312. The topological polar surface area (TPSA) is 39.1 Å². The summed E-state index contributed by atoms with van der Waals surface area (Å²) in [6.45, 7) is 4.60. The third-order valence-corrected chi connectivity index (χ3v) is 3.31. The smallest absolute Gasteiger partial charge is 0.0738 e. The van der Waals surface area contributed by atoms with Crippen molar-refractivity contribution < 1.29 is 4.74 Å². The van der Waals surface area contributed by atoms with Crippen LogP contribution in [0.3, 0.4) is 0 Å². The van der Waals surface area contributed by atoms with E-state index >= 15 is 0 Å². The number of ether oxygens (including phenoxy) is 1. The molecule has 0 saturated carbocycles. The van der Waals surface area contributed by atoms with Crippen molar-refractivity contribution in [2.24, 2.45) is 7.05 Å². The first-order valence-electron chi connectivity index (χ1n) is 5.04. The molecule has 0 amide bonds. The lowest BCUT2D eigenvalue weighted by Gasteiger charge is -2.05. The molecule has 86 valence electrons. The third-order valence-electron chi connectivity index (χ3n) is 2.28. The summed E-state index contributed by atoms with van der Waals surface area (Å²) >= 11 is 3.55. The number of hydrogen-bond acceptors (Lipinski definition) is 3. The van der Waals surface area contributed by atoms with E-state index in [2.05, 4.69) is 26.3 Å². The highest BCUT2D eigenvalue weighted by molar-refractivity contribution is 9.10. The predicted molar refractivity (Wildman–Crippen MR) is 64.1 cm³/mol. The zero-order valence-corrected chi connectivity index (χ0v) is 11.1. The van der Waals surface area contributed by atoms with Gasteiger partial charge < -0.3 is 10.1 Å². The number of aryl methyl sites for hydroxylation is 2. The van der Waals surface area contributed by atoms with Gasteiger partial charge in [-0.1, -0.05) is 0 Å². The van der Waals surface area contributed by atoms with E-state index in [1.165, 1.54) is 5.69 Å². The lowest BCUT2D eigenvalue weighted by Crippen LogP contribution is -2.22. The van der Waals surface area contributed by atoms with Crippen LogP contribution in [0.4, 0.5) is 0 Å². The van der Waals surface area contributed by atoms with Gasteiger partial charge in [-0.3, -0.25) is 4.68 Å². The van der Waals surface area contributed by atoms with Crippen LogP contribution < -0.4 is 5.32 Å². The van der Waals surface area contributed by atoms with E-state index in [1.54, 1.807) is 7.11 Å². The average Bonchev–Trinajstić information content (AvgIpc) is 2.44. The van der Waals surface area contributed by atoms with Gasteiger partial charge in [0, 0.05) is 33.7 Å². The molecule has 1 aromatic heterocycles. The van der Waals surface area contributed by atoms with E-state index in [9.17, 15) is 0 Å². The van der Waals surface area contributed by atoms with Crippen LogP contribution in [0.5, 0.6) is 0 Å². The van der Waals surface area contributed by atoms with Crippen molar-refractivity contribution in [3.63, 3.8) is 0 Å². The maximum Gasteiger partial charge on any atom is 0.0738 e. The van der Waals surface area contributed by atoms with Crippen molar-refractivity contribution in [3.8, 4) is 0 Å². The minimum absolute atomic E-state index is 0.756. The van der Waals surface area contributed by atoms with Crippen molar-refractivity contribution >= 4 is 15.9 Å². The lowest BCUT2D eigenvalue weighted by molar-refractivity contribution is 0.199. The molecular formula is C10H18BrN3O. The van der Waals surface area contributed by atoms with Gasteiger partial charge in [0.15, 0.2) is 0 Å². The molecule has 0 spiro atoms. The normalized spacial score (nSPS) is 10.9.